The Labute approximate surface area is 336 Å². The standard InChI is InChI=1S/C49H93NO4/c1-3-5-7-9-11-13-15-17-19-21-22-23-24-25-26-27-28-30-31-33-35-37-39-41-43-47(52)46(45-51)50-49(54)48(53)44-42-40-38-36-34-32-29-20-18-16-14-12-10-8-6-4-2/h27-28,33,35,41,43,46-48,51-53H,3-26,29-32,34,36-40,42,44-45H2,1-2H3,(H,50,54)/b28-27+,35-33+,43-41+. The second kappa shape index (κ2) is 44.3. The molecule has 4 N–H and O–H groups in total. The molecule has 0 saturated heterocycles. The molecular weight excluding hydrogens is 667 g/mol. The number of carbonyl (C=O) groups excluding carboxylic acids is 1. The summed E-state index contributed by atoms with van der Waals surface area (Å²) in [7, 11) is 0. The molecule has 0 rings (SSSR count). The van der Waals surface area contributed by atoms with Crippen molar-refractivity contribution >= 4 is 5.91 Å². The summed E-state index contributed by atoms with van der Waals surface area (Å²) in [6.45, 7) is 4.18. The maximum Gasteiger partial charge on any atom is 0.249 e. The lowest BCUT2D eigenvalue weighted by atomic mass is 10.0. The van der Waals surface area contributed by atoms with Gasteiger partial charge in [-0.2, -0.15) is 0 Å². The number of unbranched alkanes of at least 4 members (excludes halogenated alkanes) is 31. The fraction of sp³-hybridized carbons (Fsp3) is 0.857. The SMILES string of the molecule is CCCCCCCCCCCCCCCC/C=C/CC/C=C/CC/C=C/C(O)C(CO)NC(=O)C(O)CCCCCCCCCCCCCCCCCC. The first-order chi connectivity index (χ1) is 26.6. The molecule has 54 heavy (non-hydrogen) atoms. The van der Waals surface area contributed by atoms with Gasteiger partial charge in [0.15, 0.2) is 0 Å². The van der Waals surface area contributed by atoms with Crippen LogP contribution in [0.2, 0.25) is 0 Å². The quantitative estimate of drug-likeness (QED) is 0.0368. The van der Waals surface area contributed by atoms with E-state index in [1.54, 1.807) is 6.08 Å². The maximum absolute atomic E-state index is 12.5. The smallest absolute Gasteiger partial charge is 0.249 e. The lowest BCUT2D eigenvalue weighted by molar-refractivity contribution is -0.131. The number of carbonyl (C=O) groups is 1. The van der Waals surface area contributed by atoms with Crippen LogP contribution >= 0.6 is 0 Å². The summed E-state index contributed by atoms with van der Waals surface area (Å²) in [5, 5.41) is 33.2. The summed E-state index contributed by atoms with van der Waals surface area (Å²) >= 11 is 0. The zero-order valence-electron chi connectivity index (χ0n) is 36.1. The van der Waals surface area contributed by atoms with Crippen LogP contribution in [-0.2, 0) is 4.79 Å². The summed E-state index contributed by atoms with van der Waals surface area (Å²) in [4.78, 5) is 12.5. The average molecular weight is 760 g/mol. The maximum atomic E-state index is 12.5. The number of hydrogen-bond donors (Lipinski definition) is 4. The molecule has 1 amide bonds. The summed E-state index contributed by atoms with van der Waals surface area (Å²) in [6.07, 6.45) is 56.2. The number of aliphatic hydroxyl groups is 3. The first kappa shape index (κ1) is 52.6. The minimum Gasteiger partial charge on any atom is -0.394 e. The molecule has 0 aromatic rings. The Hall–Kier alpha value is -1.43. The highest BCUT2D eigenvalue weighted by Gasteiger charge is 2.22. The molecule has 0 radical (unpaired) electrons. The van der Waals surface area contributed by atoms with Gasteiger partial charge in [-0.25, -0.2) is 0 Å². The van der Waals surface area contributed by atoms with E-state index in [-0.39, 0.29) is 6.61 Å². The van der Waals surface area contributed by atoms with E-state index >= 15 is 0 Å². The summed E-state index contributed by atoms with van der Waals surface area (Å²) in [5.41, 5.74) is 0. The monoisotopic (exact) mass is 760 g/mol. The van der Waals surface area contributed by atoms with Crippen molar-refractivity contribution in [3.63, 3.8) is 0 Å². The van der Waals surface area contributed by atoms with Crippen LogP contribution in [-0.4, -0.2) is 46.1 Å². The Morgan fingerprint density at radius 3 is 1.13 bits per heavy atom. The molecule has 0 aliphatic heterocycles. The zero-order chi connectivity index (χ0) is 39.4. The van der Waals surface area contributed by atoms with Gasteiger partial charge >= 0.3 is 0 Å². The lowest BCUT2D eigenvalue weighted by Crippen LogP contribution is -2.48. The van der Waals surface area contributed by atoms with E-state index in [9.17, 15) is 20.1 Å². The Morgan fingerprint density at radius 1 is 0.444 bits per heavy atom. The van der Waals surface area contributed by atoms with Gasteiger partial charge in [-0.3, -0.25) is 4.79 Å². The number of aliphatic hydroxyl groups excluding tert-OH is 3. The van der Waals surface area contributed by atoms with Gasteiger partial charge < -0.3 is 20.6 Å². The lowest BCUT2D eigenvalue weighted by Gasteiger charge is -2.21. The van der Waals surface area contributed by atoms with Gasteiger partial charge in [0.25, 0.3) is 0 Å². The Morgan fingerprint density at radius 2 is 0.759 bits per heavy atom. The van der Waals surface area contributed by atoms with Crippen LogP contribution in [0, 0.1) is 0 Å². The summed E-state index contributed by atoms with van der Waals surface area (Å²) in [6, 6.07) is -0.818. The van der Waals surface area contributed by atoms with E-state index in [2.05, 4.69) is 43.5 Å². The van der Waals surface area contributed by atoms with Gasteiger partial charge in [0.1, 0.15) is 6.10 Å². The van der Waals surface area contributed by atoms with Crippen molar-refractivity contribution in [1.82, 2.24) is 5.32 Å². The molecule has 0 fully saturated rings. The average Bonchev–Trinajstić information content (AvgIpc) is 3.18. The van der Waals surface area contributed by atoms with Gasteiger partial charge in [-0.05, 0) is 44.9 Å². The second-order valence-electron chi connectivity index (χ2n) is 16.3. The molecule has 0 heterocycles. The largest absolute Gasteiger partial charge is 0.394 e. The molecule has 0 aliphatic carbocycles. The Kier molecular flexibility index (Phi) is 43.1. The van der Waals surface area contributed by atoms with Crippen LogP contribution in [0.1, 0.15) is 245 Å². The van der Waals surface area contributed by atoms with E-state index in [0.717, 1.165) is 44.9 Å². The highest BCUT2D eigenvalue weighted by Crippen LogP contribution is 2.16. The minimum absolute atomic E-state index is 0.379. The molecule has 0 aliphatic rings. The fourth-order valence-corrected chi connectivity index (χ4v) is 7.22. The Balaban J connectivity index is 3.70. The minimum atomic E-state index is -1.11. The fourth-order valence-electron chi connectivity index (χ4n) is 7.22. The number of amides is 1. The number of hydrogen-bond acceptors (Lipinski definition) is 4. The summed E-state index contributed by atoms with van der Waals surface area (Å²) in [5.74, 6) is -0.515. The van der Waals surface area contributed by atoms with Crippen LogP contribution in [0.4, 0.5) is 0 Å². The van der Waals surface area contributed by atoms with Crippen molar-refractivity contribution in [2.75, 3.05) is 6.61 Å². The molecule has 0 aromatic carbocycles. The van der Waals surface area contributed by atoms with Gasteiger partial charge in [0.2, 0.25) is 5.91 Å². The first-order valence-corrected chi connectivity index (χ1v) is 23.8. The van der Waals surface area contributed by atoms with Crippen LogP contribution in [0.25, 0.3) is 0 Å². The highest BCUT2D eigenvalue weighted by atomic mass is 16.3. The molecule has 0 bridgehead atoms. The molecule has 0 aromatic heterocycles. The molecule has 0 saturated carbocycles. The third-order valence-electron chi connectivity index (χ3n) is 11.0. The van der Waals surface area contributed by atoms with E-state index in [4.69, 9.17) is 0 Å². The highest BCUT2D eigenvalue weighted by molar-refractivity contribution is 5.80. The normalized spacial score (nSPS) is 13.8. The van der Waals surface area contributed by atoms with Gasteiger partial charge in [-0.15, -0.1) is 0 Å². The molecular formula is C49H93NO4. The first-order valence-electron chi connectivity index (χ1n) is 23.8. The van der Waals surface area contributed by atoms with Gasteiger partial charge in [-0.1, -0.05) is 237 Å². The van der Waals surface area contributed by atoms with E-state index in [0.29, 0.717) is 6.42 Å². The van der Waals surface area contributed by atoms with Crippen molar-refractivity contribution in [2.24, 2.45) is 0 Å². The van der Waals surface area contributed by atoms with Crippen LogP contribution in [0.5, 0.6) is 0 Å². The predicted octanol–water partition coefficient (Wildman–Crippen LogP) is 13.9. The molecule has 3 unspecified atom stereocenters. The van der Waals surface area contributed by atoms with Crippen LogP contribution < -0.4 is 5.32 Å². The van der Waals surface area contributed by atoms with Crippen molar-refractivity contribution in [3.8, 4) is 0 Å². The van der Waals surface area contributed by atoms with Crippen molar-refractivity contribution in [3.05, 3.63) is 36.5 Å². The number of nitrogens with one attached hydrogen (secondary N) is 1. The zero-order valence-corrected chi connectivity index (χ0v) is 36.1. The topological polar surface area (TPSA) is 89.8 Å². The van der Waals surface area contributed by atoms with Crippen molar-refractivity contribution in [1.29, 1.82) is 0 Å². The third-order valence-corrected chi connectivity index (χ3v) is 11.0. The molecule has 3 atom stereocenters. The molecule has 0 spiro atoms. The molecule has 5 nitrogen and oxygen atoms in total. The summed E-state index contributed by atoms with van der Waals surface area (Å²) < 4.78 is 0. The van der Waals surface area contributed by atoms with Crippen LogP contribution in [0.15, 0.2) is 36.5 Å². The second-order valence-corrected chi connectivity index (χ2v) is 16.3. The van der Waals surface area contributed by atoms with E-state index < -0.39 is 24.2 Å². The molecule has 5 heteroatoms. The van der Waals surface area contributed by atoms with Crippen molar-refractivity contribution < 1.29 is 20.1 Å². The van der Waals surface area contributed by atoms with Gasteiger partial charge in [0, 0.05) is 0 Å². The van der Waals surface area contributed by atoms with Gasteiger partial charge in [0.05, 0.1) is 18.8 Å². The van der Waals surface area contributed by atoms with E-state index in [1.165, 1.54) is 180 Å². The number of rotatable bonds is 43. The third kappa shape index (κ3) is 38.8. The Bertz CT molecular complexity index is 840. The van der Waals surface area contributed by atoms with Crippen LogP contribution in [0.3, 0.4) is 0 Å². The molecule has 318 valence electrons. The number of allylic oxidation sites excluding steroid dienone is 5. The van der Waals surface area contributed by atoms with E-state index in [1.807, 2.05) is 6.08 Å². The predicted molar refractivity (Wildman–Crippen MR) is 236 cm³/mol. The van der Waals surface area contributed by atoms with Crippen molar-refractivity contribution in [2.45, 2.75) is 263 Å².